The van der Waals surface area contributed by atoms with Crippen molar-refractivity contribution in [2.45, 2.75) is 5.78 Å². The molecule has 1 amide bonds. The van der Waals surface area contributed by atoms with Crippen molar-refractivity contribution in [3.05, 3.63) is 35.9 Å². The van der Waals surface area contributed by atoms with Crippen LogP contribution in [0.15, 0.2) is 30.3 Å². The predicted octanol–water partition coefficient (Wildman–Crippen LogP) is 1.40. The third-order valence-corrected chi connectivity index (χ3v) is 4.54. The molecule has 20 heavy (non-hydrogen) atoms. The van der Waals surface area contributed by atoms with Crippen LogP contribution in [-0.4, -0.2) is 39.0 Å². The Hall–Kier alpha value is -1.69. The molecule has 8 heteroatoms. The van der Waals surface area contributed by atoms with Gasteiger partial charge in [0.15, 0.2) is 0 Å². The van der Waals surface area contributed by atoms with Gasteiger partial charge in [-0.3, -0.25) is 9.36 Å². The SMILES string of the molecule is COC(=O)[C@H](NC(=O)c1ccccc1)P(=O)(OC)OC. The Kier molecular flexibility index (Phi) is 5.88. The van der Waals surface area contributed by atoms with Crippen molar-refractivity contribution in [1.29, 1.82) is 0 Å². The number of amides is 1. The van der Waals surface area contributed by atoms with Crippen molar-refractivity contribution in [1.82, 2.24) is 5.32 Å². The molecular weight excluding hydrogens is 285 g/mol. The van der Waals surface area contributed by atoms with Gasteiger partial charge in [-0.05, 0) is 12.1 Å². The monoisotopic (exact) mass is 301 g/mol. The highest BCUT2D eigenvalue weighted by Crippen LogP contribution is 2.50. The molecule has 0 fully saturated rings. The molecule has 1 N–H and O–H groups in total. The fourth-order valence-corrected chi connectivity index (χ4v) is 2.67. The summed E-state index contributed by atoms with van der Waals surface area (Å²) in [4.78, 5) is 23.7. The van der Waals surface area contributed by atoms with Crippen LogP contribution in [0, 0.1) is 0 Å². The molecule has 0 unspecified atom stereocenters. The van der Waals surface area contributed by atoms with Crippen molar-refractivity contribution in [2.24, 2.45) is 0 Å². The predicted molar refractivity (Wildman–Crippen MR) is 71.3 cm³/mol. The van der Waals surface area contributed by atoms with Crippen LogP contribution in [0.4, 0.5) is 0 Å². The molecule has 1 atom stereocenters. The van der Waals surface area contributed by atoms with Gasteiger partial charge in [0.2, 0.25) is 5.78 Å². The zero-order valence-electron chi connectivity index (χ0n) is 11.4. The molecule has 1 aromatic carbocycles. The molecule has 0 heterocycles. The maximum Gasteiger partial charge on any atom is 0.363 e. The van der Waals surface area contributed by atoms with Gasteiger partial charge in [-0.15, -0.1) is 0 Å². The van der Waals surface area contributed by atoms with E-state index < -0.39 is 25.3 Å². The summed E-state index contributed by atoms with van der Waals surface area (Å²) in [6, 6.07) is 8.16. The Balaban J connectivity index is 3.00. The standard InChI is InChI=1S/C12H16NO6P/c1-17-12(15)11(20(16,18-2)19-3)13-10(14)9-7-5-4-6-8-9/h4-8,11H,1-3H3,(H,13,14)/t11-/m1/s1. The molecule has 0 aliphatic rings. The second kappa shape index (κ2) is 7.19. The largest absolute Gasteiger partial charge is 0.467 e. The van der Waals surface area contributed by atoms with Gasteiger partial charge >= 0.3 is 13.6 Å². The average Bonchev–Trinajstić information content (AvgIpc) is 2.51. The van der Waals surface area contributed by atoms with Gasteiger partial charge in [-0.25, -0.2) is 4.79 Å². The summed E-state index contributed by atoms with van der Waals surface area (Å²) in [5.74, 6) is -3.04. The smallest absolute Gasteiger partial charge is 0.363 e. The number of ether oxygens (including phenoxy) is 1. The minimum absolute atomic E-state index is 0.306. The molecule has 0 radical (unpaired) electrons. The van der Waals surface area contributed by atoms with Gasteiger partial charge < -0.3 is 19.1 Å². The summed E-state index contributed by atoms with van der Waals surface area (Å²) in [5.41, 5.74) is 0.306. The van der Waals surface area contributed by atoms with E-state index in [9.17, 15) is 14.2 Å². The van der Waals surface area contributed by atoms with Crippen molar-refractivity contribution >= 4 is 19.5 Å². The van der Waals surface area contributed by atoms with Gasteiger partial charge in [0.1, 0.15) is 0 Å². The quantitative estimate of drug-likeness (QED) is 0.631. The Morgan fingerprint density at radius 2 is 1.65 bits per heavy atom. The van der Waals surface area contributed by atoms with Crippen LogP contribution < -0.4 is 5.32 Å². The first kappa shape index (κ1) is 16.4. The van der Waals surface area contributed by atoms with E-state index in [-0.39, 0.29) is 0 Å². The van der Waals surface area contributed by atoms with Crippen molar-refractivity contribution in [2.75, 3.05) is 21.3 Å². The molecule has 1 aromatic rings. The fourth-order valence-electron chi connectivity index (χ4n) is 1.46. The van der Waals surface area contributed by atoms with E-state index in [0.29, 0.717) is 5.56 Å². The third kappa shape index (κ3) is 3.66. The third-order valence-electron chi connectivity index (χ3n) is 2.55. The van der Waals surface area contributed by atoms with Gasteiger partial charge in [0, 0.05) is 19.8 Å². The number of carbonyl (C=O) groups is 2. The molecule has 0 saturated heterocycles. The summed E-state index contributed by atoms with van der Waals surface area (Å²) < 4.78 is 26.2. The molecule has 1 rings (SSSR count). The number of esters is 1. The van der Waals surface area contributed by atoms with Crippen LogP contribution in [0.5, 0.6) is 0 Å². The molecule has 0 saturated carbocycles. The lowest BCUT2D eigenvalue weighted by atomic mass is 10.2. The van der Waals surface area contributed by atoms with Gasteiger partial charge in [0.05, 0.1) is 7.11 Å². The highest BCUT2D eigenvalue weighted by molar-refractivity contribution is 7.55. The number of carbonyl (C=O) groups excluding carboxylic acids is 2. The zero-order chi connectivity index (χ0) is 15.2. The minimum Gasteiger partial charge on any atom is -0.467 e. The maximum absolute atomic E-state index is 12.3. The van der Waals surface area contributed by atoms with Crippen LogP contribution in [0.2, 0.25) is 0 Å². The second-order valence-corrected chi connectivity index (χ2v) is 6.00. The van der Waals surface area contributed by atoms with E-state index in [4.69, 9.17) is 9.05 Å². The lowest BCUT2D eigenvalue weighted by Crippen LogP contribution is -2.42. The Morgan fingerprint density at radius 1 is 1.10 bits per heavy atom. The van der Waals surface area contributed by atoms with E-state index in [1.807, 2.05) is 0 Å². The zero-order valence-corrected chi connectivity index (χ0v) is 12.3. The molecule has 0 aromatic heterocycles. The van der Waals surface area contributed by atoms with E-state index in [1.165, 1.54) is 0 Å². The summed E-state index contributed by atoms with van der Waals surface area (Å²) in [5, 5.41) is 2.30. The first-order valence-corrected chi connectivity index (χ1v) is 7.24. The summed E-state index contributed by atoms with van der Waals surface area (Å²) in [7, 11) is -0.494. The average molecular weight is 301 g/mol. The van der Waals surface area contributed by atoms with Crippen LogP contribution in [0.3, 0.4) is 0 Å². The van der Waals surface area contributed by atoms with E-state index in [0.717, 1.165) is 21.3 Å². The molecule has 0 aliphatic carbocycles. The topological polar surface area (TPSA) is 90.9 Å². The van der Waals surface area contributed by atoms with Crippen LogP contribution >= 0.6 is 7.60 Å². The molecule has 0 bridgehead atoms. The number of rotatable bonds is 6. The van der Waals surface area contributed by atoms with Gasteiger partial charge in [-0.1, -0.05) is 18.2 Å². The van der Waals surface area contributed by atoms with Crippen molar-refractivity contribution in [3.63, 3.8) is 0 Å². The van der Waals surface area contributed by atoms with Crippen LogP contribution in [-0.2, 0) is 23.1 Å². The van der Waals surface area contributed by atoms with E-state index in [1.54, 1.807) is 30.3 Å². The van der Waals surface area contributed by atoms with E-state index >= 15 is 0 Å². The Labute approximate surface area is 116 Å². The maximum atomic E-state index is 12.3. The normalized spacial score (nSPS) is 12.6. The van der Waals surface area contributed by atoms with E-state index in [2.05, 4.69) is 10.1 Å². The van der Waals surface area contributed by atoms with Crippen LogP contribution in [0.1, 0.15) is 10.4 Å². The Morgan fingerprint density at radius 3 is 2.10 bits per heavy atom. The molecule has 0 aliphatic heterocycles. The summed E-state index contributed by atoms with van der Waals surface area (Å²) in [6.45, 7) is 0. The number of nitrogens with one attached hydrogen (secondary N) is 1. The first-order valence-electron chi connectivity index (χ1n) is 5.63. The van der Waals surface area contributed by atoms with Crippen molar-refractivity contribution < 1.29 is 27.9 Å². The lowest BCUT2D eigenvalue weighted by molar-refractivity contribution is -0.141. The number of methoxy groups -OCH3 is 1. The fraction of sp³-hybridized carbons (Fsp3) is 0.333. The number of benzene rings is 1. The van der Waals surface area contributed by atoms with Gasteiger partial charge in [0.25, 0.3) is 5.91 Å². The van der Waals surface area contributed by atoms with Gasteiger partial charge in [-0.2, -0.15) is 0 Å². The highest BCUT2D eigenvalue weighted by atomic mass is 31.2. The number of hydrogen-bond donors (Lipinski definition) is 1. The molecule has 110 valence electrons. The molecular formula is C12H16NO6P. The van der Waals surface area contributed by atoms with Crippen LogP contribution in [0.25, 0.3) is 0 Å². The second-order valence-electron chi connectivity index (χ2n) is 3.67. The molecule has 0 spiro atoms. The summed E-state index contributed by atoms with van der Waals surface area (Å²) in [6.07, 6.45) is 0. The lowest BCUT2D eigenvalue weighted by Gasteiger charge is -2.23. The summed E-state index contributed by atoms with van der Waals surface area (Å²) >= 11 is 0. The Bertz CT molecular complexity index is 510. The molecule has 7 nitrogen and oxygen atoms in total. The first-order chi connectivity index (χ1) is 9.48. The minimum atomic E-state index is -3.84. The van der Waals surface area contributed by atoms with Crippen molar-refractivity contribution in [3.8, 4) is 0 Å². The highest BCUT2D eigenvalue weighted by Gasteiger charge is 2.42. The number of hydrogen-bond acceptors (Lipinski definition) is 6.